The van der Waals surface area contributed by atoms with E-state index in [1.807, 2.05) is 0 Å². The third-order valence-corrected chi connectivity index (χ3v) is 3.91. The van der Waals surface area contributed by atoms with Crippen molar-refractivity contribution in [2.24, 2.45) is 5.92 Å². The van der Waals surface area contributed by atoms with Crippen LogP contribution in [0.1, 0.15) is 19.3 Å². The Kier molecular flexibility index (Phi) is 3.75. The standard InChI is InChI=1S/C12H18N2O5/c1-18-9(15)3-4-12(11(17)19-2)5-7-8(14-12)6-13-10(7)16/h7-8,14H,3-6H2,1-2H3,(H,13,16)/t7-,8-,12-/m0/s1. The first-order valence-electron chi connectivity index (χ1n) is 6.23. The summed E-state index contributed by atoms with van der Waals surface area (Å²) in [5.74, 6) is -1.11. The van der Waals surface area contributed by atoms with Crippen molar-refractivity contribution < 1.29 is 23.9 Å². The van der Waals surface area contributed by atoms with Crippen LogP contribution in [0.4, 0.5) is 0 Å². The lowest BCUT2D eigenvalue weighted by Crippen LogP contribution is -2.52. The van der Waals surface area contributed by atoms with Gasteiger partial charge in [0.1, 0.15) is 5.54 Å². The maximum atomic E-state index is 12.0. The van der Waals surface area contributed by atoms with E-state index in [0.29, 0.717) is 13.0 Å². The fourth-order valence-corrected chi connectivity index (χ4v) is 2.87. The molecule has 0 bridgehead atoms. The first-order valence-corrected chi connectivity index (χ1v) is 6.23. The number of methoxy groups -OCH3 is 2. The number of hydrogen-bond acceptors (Lipinski definition) is 6. The van der Waals surface area contributed by atoms with Crippen LogP contribution in [0.3, 0.4) is 0 Å². The fraction of sp³-hybridized carbons (Fsp3) is 0.750. The summed E-state index contributed by atoms with van der Waals surface area (Å²) in [5, 5.41) is 5.91. The van der Waals surface area contributed by atoms with Gasteiger partial charge in [-0.15, -0.1) is 0 Å². The summed E-state index contributed by atoms with van der Waals surface area (Å²) in [7, 11) is 2.61. The molecule has 0 aromatic rings. The van der Waals surface area contributed by atoms with E-state index in [4.69, 9.17) is 4.74 Å². The average molecular weight is 270 g/mol. The minimum Gasteiger partial charge on any atom is -0.469 e. The summed E-state index contributed by atoms with van der Waals surface area (Å²) in [5.41, 5.74) is -0.962. The quantitative estimate of drug-likeness (QED) is 0.634. The number of hydrogen-bond donors (Lipinski definition) is 2. The van der Waals surface area contributed by atoms with Gasteiger partial charge in [-0.05, 0) is 12.8 Å². The minimum absolute atomic E-state index is 0.0543. The Balaban J connectivity index is 2.11. The molecular weight excluding hydrogens is 252 g/mol. The van der Waals surface area contributed by atoms with Gasteiger partial charge in [0.15, 0.2) is 0 Å². The monoisotopic (exact) mass is 270 g/mol. The molecule has 0 aromatic heterocycles. The van der Waals surface area contributed by atoms with Gasteiger partial charge in [0.2, 0.25) is 5.91 Å². The van der Waals surface area contributed by atoms with E-state index in [-0.39, 0.29) is 36.7 Å². The maximum Gasteiger partial charge on any atom is 0.326 e. The number of rotatable bonds is 4. The lowest BCUT2D eigenvalue weighted by molar-refractivity contribution is -0.149. The number of nitrogens with one attached hydrogen (secondary N) is 2. The summed E-state index contributed by atoms with van der Waals surface area (Å²) >= 11 is 0. The fourth-order valence-electron chi connectivity index (χ4n) is 2.87. The van der Waals surface area contributed by atoms with Gasteiger partial charge in [-0.2, -0.15) is 0 Å². The van der Waals surface area contributed by atoms with Crippen molar-refractivity contribution in [2.45, 2.75) is 30.8 Å². The molecule has 2 heterocycles. The van der Waals surface area contributed by atoms with Gasteiger partial charge in [0.05, 0.1) is 20.1 Å². The number of esters is 2. The summed E-state index contributed by atoms with van der Waals surface area (Å²) in [6.07, 6.45) is 0.736. The van der Waals surface area contributed by atoms with E-state index in [2.05, 4.69) is 15.4 Å². The highest BCUT2D eigenvalue weighted by Crippen LogP contribution is 2.35. The molecule has 7 nitrogen and oxygen atoms in total. The van der Waals surface area contributed by atoms with Crippen LogP contribution >= 0.6 is 0 Å². The van der Waals surface area contributed by atoms with E-state index in [1.165, 1.54) is 14.2 Å². The van der Waals surface area contributed by atoms with E-state index in [9.17, 15) is 14.4 Å². The van der Waals surface area contributed by atoms with Crippen molar-refractivity contribution in [1.29, 1.82) is 0 Å². The largest absolute Gasteiger partial charge is 0.469 e. The number of fused-ring (bicyclic) bond motifs is 1. The minimum atomic E-state index is -0.962. The molecule has 2 rings (SSSR count). The SMILES string of the molecule is COC(=O)CC[C@@]1(C(=O)OC)C[C@@H]2C(=O)NC[C@@H]2N1. The van der Waals surface area contributed by atoms with Gasteiger partial charge in [-0.3, -0.25) is 19.7 Å². The van der Waals surface area contributed by atoms with Crippen LogP contribution in [-0.4, -0.2) is 50.2 Å². The van der Waals surface area contributed by atoms with Crippen molar-refractivity contribution in [2.75, 3.05) is 20.8 Å². The molecule has 2 fully saturated rings. The van der Waals surface area contributed by atoms with Gasteiger partial charge in [0.25, 0.3) is 0 Å². The second kappa shape index (κ2) is 5.16. The summed E-state index contributed by atoms with van der Waals surface area (Å²) in [6, 6.07) is -0.0794. The molecule has 1 amide bonds. The predicted octanol–water partition coefficient (Wildman–Crippen LogP) is -1.04. The normalized spacial score (nSPS) is 32.6. The first-order chi connectivity index (χ1) is 9.02. The summed E-state index contributed by atoms with van der Waals surface area (Å²) in [6.45, 7) is 0.500. The second-order valence-corrected chi connectivity index (χ2v) is 4.96. The molecule has 0 unspecified atom stereocenters. The smallest absolute Gasteiger partial charge is 0.326 e. The number of ether oxygens (including phenoxy) is 2. The van der Waals surface area contributed by atoms with E-state index < -0.39 is 11.5 Å². The van der Waals surface area contributed by atoms with Crippen LogP contribution in [0.15, 0.2) is 0 Å². The van der Waals surface area contributed by atoms with Crippen molar-refractivity contribution in [3.05, 3.63) is 0 Å². The first kappa shape index (κ1) is 13.8. The molecule has 2 aliphatic rings. The van der Waals surface area contributed by atoms with Crippen LogP contribution < -0.4 is 10.6 Å². The Morgan fingerprint density at radius 2 is 2.11 bits per heavy atom. The highest BCUT2D eigenvalue weighted by atomic mass is 16.5. The molecule has 0 aromatic carbocycles. The van der Waals surface area contributed by atoms with Gasteiger partial charge >= 0.3 is 11.9 Å². The molecule has 106 valence electrons. The Hall–Kier alpha value is -1.63. The van der Waals surface area contributed by atoms with Crippen molar-refractivity contribution in [3.63, 3.8) is 0 Å². The molecule has 0 radical (unpaired) electrons. The topological polar surface area (TPSA) is 93.7 Å². The molecule has 2 saturated heterocycles. The molecule has 2 N–H and O–H groups in total. The van der Waals surface area contributed by atoms with Crippen LogP contribution in [0.5, 0.6) is 0 Å². The van der Waals surface area contributed by atoms with E-state index in [1.54, 1.807) is 0 Å². The molecular formula is C12H18N2O5. The predicted molar refractivity (Wildman–Crippen MR) is 64.0 cm³/mol. The second-order valence-electron chi connectivity index (χ2n) is 4.96. The average Bonchev–Trinajstić information content (AvgIpc) is 2.95. The molecule has 2 aliphatic heterocycles. The Bertz CT molecular complexity index is 411. The third-order valence-electron chi connectivity index (χ3n) is 3.91. The zero-order valence-electron chi connectivity index (χ0n) is 11.0. The Labute approximate surface area is 111 Å². The van der Waals surface area contributed by atoms with Gasteiger partial charge in [-0.1, -0.05) is 0 Å². The third kappa shape index (κ3) is 2.42. The number of carbonyl (C=O) groups excluding carboxylic acids is 3. The van der Waals surface area contributed by atoms with Crippen molar-refractivity contribution in [1.82, 2.24) is 10.6 Å². The molecule has 0 aliphatic carbocycles. The Morgan fingerprint density at radius 3 is 2.68 bits per heavy atom. The highest BCUT2D eigenvalue weighted by molar-refractivity contribution is 5.88. The van der Waals surface area contributed by atoms with Gasteiger partial charge in [-0.25, -0.2) is 0 Å². The van der Waals surface area contributed by atoms with E-state index >= 15 is 0 Å². The van der Waals surface area contributed by atoms with Crippen LogP contribution in [0.2, 0.25) is 0 Å². The van der Waals surface area contributed by atoms with Crippen LogP contribution in [0, 0.1) is 5.92 Å². The lowest BCUT2D eigenvalue weighted by Gasteiger charge is -2.27. The molecule has 0 saturated carbocycles. The zero-order chi connectivity index (χ0) is 14.0. The van der Waals surface area contributed by atoms with Gasteiger partial charge in [0, 0.05) is 19.0 Å². The van der Waals surface area contributed by atoms with Crippen LogP contribution in [-0.2, 0) is 23.9 Å². The van der Waals surface area contributed by atoms with Crippen LogP contribution in [0.25, 0.3) is 0 Å². The van der Waals surface area contributed by atoms with Gasteiger partial charge < -0.3 is 14.8 Å². The molecule has 3 atom stereocenters. The Morgan fingerprint density at radius 1 is 1.37 bits per heavy atom. The highest BCUT2D eigenvalue weighted by Gasteiger charge is 2.54. The van der Waals surface area contributed by atoms with Crippen molar-refractivity contribution >= 4 is 17.8 Å². The molecule has 7 heteroatoms. The number of amides is 1. The maximum absolute atomic E-state index is 12.0. The van der Waals surface area contributed by atoms with Crippen molar-refractivity contribution in [3.8, 4) is 0 Å². The van der Waals surface area contributed by atoms with E-state index in [0.717, 1.165) is 0 Å². The lowest BCUT2D eigenvalue weighted by atomic mass is 9.87. The molecule has 19 heavy (non-hydrogen) atoms. The zero-order valence-corrected chi connectivity index (χ0v) is 11.0. The molecule has 0 spiro atoms. The number of carbonyl (C=O) groups is 3. The summed E-state index contributed by atoms with van der Waals surface area (Å²) in [4.78, 5) is 34.9. The summed E-state index contributed by atoms with van der Waals surface area (Å²) < 4.78 is 9.40.